The molecule has 0 atom stereocenters. The summed E-state index contributed by atoms with van der Waals surface area (Å²) in [5.41, 5.74) is 0.534. The number of nitriles is 1. The predicted octanol–water partition coefficient (Wildman–Crippen LogP) is 2.50. The van der Waals surface area contributed by atoms with Crippen LogP contribution in [0.15, 0.2) is 12.1 Å². The molecular formula is C13H17ClN4. The fourth-order valence-corrected chi connectivity index (χ4v) is 2.23. The van der Waals surface area contributed by atoms with Crippen LogP contribution in [0.1, 0.15) is 25.3 Å². The van der Waals surface area contributed by atoms with Gasteiger partial charge in [-0.05, 0) is 31.5 Å². The van der Waals surface area contributed by atoms with Gasteiger partial charge in [-0.1, -0.05) is 18.5 Å². The van der Waals surface area contributed by atoms with E-state index in [1.165, 1.54) is 12.8 Å². The second kappa shape index (κ2) is 6.03. The summed E-state index contributed by atoms with van der Waals surface area (Å²) in [6, 6.07) is 6.13. The molecule has 0 radical (unpaired) electrons. The lowest BCUT2D eigenvalue weighted by Gasteiger charge is -2.19. The molecule has 1 saturated carbocycles. The zero-order valence-corrected chi connectivity index (χ0v) is 11.2. The molecule has 1 aliphatic rings. The Balaban J connectivity index is 1.86. The number of nitrogens with one attached hydrogen (secondary N) is 1. The van der Waals surface area contributed by atoms with E-state index in [0.29, 0.717) is 16.5 Å². The van der Waals surface area contributed by atoms with Crippen LogP contribution < -0.4 is 5.32 Å². The molecular weight excluding hydrogens is 248 g/mol. The van der Waals surface area contributed by atoms with Crippen molar-refractivity contribution in [3.8, 4) is 6.07 Å². The van der Waals surface area contributed by atoms with Gasteiger partial charge in [-0.15, -0.1) is 0 Å². The van der Waals surface area contributed by atoms with Gasteiger partial charge in [0.05, 0.1) is 11.6 Å². The van der Waals surface area contributed by atoms with Crippen molar-refractivity contribution in [2.45, 2.75) is 25.8 Å². The van der Waals surface area contributed by atoms with Gasteiger partial charge in [-0.3, -0.25) is 4.90 Å². The summed E-state index contributed by atoms with van der Waals surface area (Å²) in [5, 5.41) is 12.4. The third kappa shape index (κ3) is 3.59. The Morgan fingerprint density at radius 3 is 2.94 bits per heavy atom. The van der Waals surface area contributed by atoms with Crippen LogP contribution in [-0.4, -0.2) is 35.6 Å². The Hall–Kier alpha value is -1.31. The number of pyridine rings is 1. The zero-order valence-electron chi connectivity index (χ0n) is 10.5. The minimum absolute atomic E-state index is 0.353. The molecule has 96 valence electrons. The average molecular weight is 265 g/mol. The topological polar surface area (TPSA) is 52.0 Å². The Labute approximate surface area is 113 Å². The number of anilines is 1. The molecule has 1 aliphatic carbocycles. The van der Waals surface area contributed by atoms with E-state index in [-0.39, 0.29) is 0 Å². The van der Waals surface area contributed by atoms with Gasteiger partial charge in [0.25, 0.3) is 0 Å². The molecule has 0 aromatic carbocycles. The predicted molar refractivity (Wildman–Crippen MR) is 72.7 cm³/mol. The van der Waals surface area contributed by atoms with Crippen molar-refractivity contribution in [2.24, 2.45) is 0 Å². The molecule has 0 bridgehead atoms. The van der Waals surface area contributed by atoms with Crippen molar-refractivity contribution in [2.75, 3.05) is 25.0 Å². The van der Waals surface area contributed by atoms with Gasteiger partial charge < -0.3 is 5.32 Å². The molecule has 1 heterocycles. The molecule has 0 spiro atoms. The Morgan fingerprint density at radius 2 is 2.33 bits per heavy atom. The molecule has 18 heavy (non-hydrogen) atoms. The first-order valence-electron chi connectivity index (χ1n) is 6.28. The number of likely N-dealkylation sites (N-methyl/N-ethyl adjacent to an activating group) is 1. The van der Waals surface area contributed by atoms with Gasteiger partial charge in [0.15, 0.2) is 0 Å². The molecule has 0 saturated heterocycles. The molecule has 1 fully saturated rings. The van der Waals surface area contributed by atoms with Crippen molar-refractivity contribution < 1.29 is 0 Å². The maximum absolute atomic E-state index is 8.85. The first-order valence-corrected chi connectivity index (χ1v) is 6.66. The largest absolute Gasteiger partial charge is 0.369 e. The fourth-order valence-electron chi connectivity index (χ4n) is 2.02. The number of halogens is 1. The van der Waals surface area contributed by atoms with E-state index < -0.39 is 0 Å². The highest BCUT2D eigenvalue weighted by molar-refractivity contribution is 6.29. The Kier molecular flexibility index (Phi) is 4.40. The Morgan fingerprint density at radius 1 is 1.56 bits per heavy atom. The van der Waals surface area contributed by atoms with Crippen LogP contribution in [0.2, 0.25) is 5.15 Å². The molecule has 0 aliphatic heterocycles. The van der Waals surface area contributed by atoms with Gasteiger partial charge in [0.2, 0.25) is 0 Å². The Bertz CT molecular complexity index is 451. The molecule has 0 unspecified atom stereocenters. The van der Waals surface area contributed by atoms with E-state index in [2.05, 4.69) is 28.2 Å². The van der Waals surface area contributed by atoms with E-state index in [9.17, 15) is 0 Å². The minimum atomic E-state index is 0.353. The normalized spacial score (nSPS) is 14.6. The molecule has 4 nitrogen and oxygen atoms in total. The van der Waals surface area contributed by atoms with Crippen LogP contribution in [-0.2, 0) is 0 Å². The summed E-state index contributed by atoms with van der Waals surface area (Å²) in [7, 11) is 0. The maximum atomic E-state index is 8.85. The van der Waals surface area contributed by atoms with E-state index >= 15 is 0 Å². The van der Waals surface area contributed by atoms with Crippen LogP contribution in [0.5, 0.6) is 0 Å². The van der Waals surface area contributed by atoms with Gasteiger partial charge in [-0.25, -0.2) is 4.98 Å². The summed E-state index contributed by atoms with van der Waals surface area (Å²) in [6.45, 7) is 5.09. The van der Waals surface area contributed by atoms with Crippen molar-refractivity contribution in [3.05, 3.63) is 22.8 Å². The molecule has 1 N–H and O–H groups in total. The minimum Gasteiger partial charge on any atom is -0.369 e. The highest BCUT2D eigenvalue weighted by Crippen LogP contribution is 2.26. The monoisotopic (exact) mass is 264 g/mol. The van der Waals surface area contributed by atoms with Crippen LogP contribution >= 0.6 is 11.6 Å². The maximum Gasteiger partial charge on any atom is 0.132 e. The van der Waals surface area contributed by atoms with Crippen LogP contribution in [0.3, 0.4) is 0 Å². The summed E-state index contributed by atoms with van der Waals surface area (Å²) >= 11 is 5.85. The van der Waals surface area contributed by atoms with Crippen LogP contribution in [0.25, 0.3) is 0 Å². The highest BCUT2D eigenvalue weighted by Gasteiger charge is 2.27. The lowest BCUT2D eigenvalue weighted by Crippen LogP contribution is -2.31. The first kappa shape index (κ1) is 13.1. The summed E-state index contributed by atoms with van der Waals surface area (Å²) < 4.78 is 0. The second-order valence-corrected chi connectivity index (χ2v) is 4.85. The number of rotatable bonds is 6. The standard InChI is InChI=1S/C13H17ClN4/c1-2-18(11-3-4-11)6-5-16-13-8-10(9-15)7-12(14)17-13/h7-8,11H,2-6H2,1H3,(H,16,17). The van der Waals surface area contributed by atoms with Crippen LogP contribution in [0.4, 0.5) is 5.82 Å². The summed E-state index contributed by atoms with van der Waals surface area (Å²) in [4.78, 5) is 6.61. The van der Waals surface area contributed by atoms with E-state index in [0.717, 1.165) is 25.7 Å². The van der Waals surface area contributed by atoms with E-state index in [1.807, 2.05) is 0 Å². The van der Waals surface area contributed by atoms with Crippen molar-refractivity contribution >= 4 is 17.4 Å². The van der Waals surface area contributed by atoms with Crippen LogP contribution in [0, 0.1) is 11.3 Å². The molecule has 0 amide bonds. The molecule has 1 aromatic heterocycles. The molecule has 1 aromatic rings. The fraction of sp³-hybridized carbons (Fsp3) is 0.538. The summed E-state index contributed by atoms with van der Waals surface area (Å²) in [5.74, 6) is 0.672. The number of aromatic nitrogens is 1. The van der Waals surface area contributed by atoms with Crippen molar-refractivity contribution in [1.82, 2.24) is 9.88 Å². The number of nitrogens with zero attached hydrogens (tertiary/aromatic N) is 3. The van der Waals surface area contributed by atoms with Gasteiger partial charge in [-0.2, -0.15) is 5.26 Å². The van der Waals surface area contributed by atoms with E-state index in [1.54, 1.807) is 12.1 Å². The highest BCUT2D eigenvalue weighted by atomic mass is 35.5. The first-order chi connectivity index (χ1) is 8.72. The quantitative estimate of drug-likeness (QED) is 0.802. The number of hydrogen-bond donors (Lipinski definition) is 1. The third-order valence-corrected chi connectivity index (χ3v) is 3.29. The lowest BCUT2D eigenvalue weighted by atomic mass is 10.3. The molecule has 5 heteroatoms. The lowest BCUT2D eigenvalue weighted by molar-refractivity contribution is 0.289. The second-order valence-electron chi connectivity index (χ2n) is 4.46. The van der Waals surface area contributed by atoms with Crippen molar-refractivity contribution in [1.29, 1.82) is 5.26 Å². The summed E-state index contributed by atoms with van der Waals surface area (Å²) in [6.07, 6.45) is 2.64. The average Bonchev–Trinajstić information content (AvgIpc) is 3.18. The van der Waals surface area contributed by atoms with Gasteiger partial charge >= 0.3 is 0 Å². The molecule has 2 rings (SSSR count). The van der Waals surface area contributed by atoms with Crippen molar-refractivity contribution in [3.63, 3.8) is 0 Å². The number of hydrogen-bond acceptors (Lipinski definition) is 4. The third-order valence-electron chi connectivity index (χ3n) is 3.10. The van der Waals surface area contributed by atoms with Gasteiger partial charge in [0, 0.05) is 19.1 Å². The zero-order chi connectivity index (χ0) is 13.0. The smallest absolute Gasteiger partial charge is 0.132 e. The SMILES string of the molecule is CCN(CCNc1cc(C#N)cc(Cl)n1)C1CC1. The van der Waals surface area contributed by atoms with E-state index in [4.69, 9.17) is 16.9 Å². The van der Waals surface area contributed by atoms with Gasteiger partial charge in [0.1, 0.15) is 11.0 Å².